The minimum absolute atomic E-state index is 0.00522. The largest absolute Gasteiger partial charge is 0.447 e. The Morgan fingerprint density at radius 2 is 1.75 bits per heavy atom. The number of likely N-dealkylation sites (tertiary alicyclic amines) is 2. The second-order valence-corrected chi connectivity index (χ2v) is 11.0. The molecule has 4 heterocycles. The van der Waals surface area contributed by atoms with E-state index in [1.165, 1.54) is 0 Å². The molecule has 1 aromatic heterocycles. The fourth-order valence-corrected chi connectivity index (χ4v) is 6.52. The number of carbonyl (C=O) groups is 2. The van der Waals surface area contributed by atoms with Crippen molar-refractivity contribution in [1.82, 2.24) is 19.7 Å². The highest BCUT2D eigenvalue weighted by atomic mass is 35.5. The van der Waals surface area contributed by atoms with Crippen LogP contribution in [0.2, 0.25) is 5.15 Å². The van der Waals surface area contributed by atoms with Crippen molar-refractivity contribution >= 4 is 23.6 Å². The molecular weight excluding hydrogens is 476 g/mol. The highest BCUT2D eigenvalue weighted by Crippen LogP contribution is 2.37. The van der Waals surface area contributed by atoms with E-state index in [2.05, 4.69) is 28.9 Å². The summed E-state index contributed by atoms with van der Waals surface area (Å²) in [7, 11) is 0. The summed E-state index contributed by atoms with van der Waals surface area (Å²) in [5.41, 5.74) is 3.43. The smallest absolute Gasteiger partial charge is 0.410 e. The van der Waals surface area contributed by atoms with Crippen LogP contribution in [0, 0.1) is 13.8 Å². The number of benzene rings is 1. The highest BCUT2D eigenvalue weighted by Gasteiger charge is 2.43. The van der Waals surface area contributed by atoms with Crippen molar-refractivity contribution < 1.29 is 14.3 Å². The number of ether oxygens (including phenoxy) is 1. The normalized spacial score (nSPS) is 23.1. The Bertz CT molecular complexity index is 1100. The summed E-state index contributed by atoms with van der Waals surface area (Å²) in [6, 6.07) is 12.1. The summed E-state index contributed by atoms with van der Waals surface area (Å²) in [5, 5.41) is 0.424. The number of halogens is 1. The quantitative estimate of drug-likeness (QED) is 0.541. The molecule has 192 valence electrons. The molecule has 0 saturated carbocycles. The fraction of sp³-hybridized carbons (Fsp3) is 0.536. The van der Waals surface area contributed by atoms with E-state index < -0.39 is 0 Å². The van der Waals surface area contributed by atoms with Gasteiger partial charge in [0.15, 0.2) is 0 Å². The number of hydrogen-bond acceptors (Lipinski definition) is 5. The van der Waals surface area contributed by atoms with Gasteiger partial charge in [0, 0.05) is 37.8 Å². The van der Waals surface area contributed by atoms with E-state index in [1.54, 1.807) is 6.07 Å². The lowest BCUT2D eigenvalue weighted by Gasteiger charge is -2.50. The topological polar surface area (TPSA) is 66.0 Å². The van der Waals surface area contributed by atoms with Crippen molar-refractivity contribution in [2.24, 2.45) is 0 Å². The van der Waals surface area contributed by atoms with Gasteiger partial charge in [-0.3, -0.25) is 14.6 Å². The maximum absolute atomic E-state index is 13.3. The molecule has 1 atom stereocenters. The molecule has 1 aromatic carbocycles. The molecule has 0 aliphatic carbocycles. The average Bonchev–Trinajstić information content (AvgIpc) is 3.25. The summed E-state index contributed by atoms with van der Waals surface area (Å²) < 4.78 is 5.47. The van der Waals surface area contributed by atoms with E-state index in [0.717, 1.165) is 63.0 Å². The Balaban J connectivity index is 1.19. The molecule has 5 rings (SSSR count). The van der Waals surface area contributed by atoms with E-state index in [-0.39, 0.29) is 29.6 Å². The lowest BCUT2D eigenvalue weighted by atomic mass is 9.85. The monoisotopic (exact) mass is 510 g/mol. The minimum atomic E-state index is -0.192. The van der Waals surface area contributed by atoms with E-state index in [1.807, 2.05) is 41.8 Å². The first-order valence-corrected chi connectivity index (χ1v) is 13.3. The van der Waals surface area contributed by atoms with Crippen LogP contribution in [0.25, 0.3) is 0 Å². The number of amides is 2. The molecule has 36 heavy (non-hydrogen) atoms. The molecular formula is C28H35ClN4O3. The van der Waals surface area contributed by atoms with Crippen molar-refractivity contribution in [2.75, 3.05) is 32.8 Å². The number of carbonyl (C=O) groups excluding carboxylic acids is 2. The van der Waals surface area contributed by atoms with Gasteiger partial charge in [0.05, 0.1) is 17.3 Å². The Labute approximate surface area is 218 Å². The van der Waals surface area contributed by atoms with Crippen LogP contribution < -0.4 is 0 Å². The zero-order valence-corrected chi connectivity index (χ0v) is 22.1. The molecule has 0 N–H and O–H groups in total. The Kier molecular flexibility index (Phi) is 6.97. The standard InChI is InChI=1S/C28H35ClN4O3/c1-19-17-24(29)30-20(2)25(19)26(34)31-15-11-28(3,12-16-31)32-13-9-22(10-14-32)33-23(18-36-27(33)35)21-7-5-4-6-8-21/h4-8,17,22-23H,9-16,18H2,1-3H3/t23-/m0/s1. The Morgan fingerprint density at radius 3 is 2.39 bits per heavy atom. The molecule has 3 fully saturated rings. The van der Waals surface area contributed by atoms with E-state index >= 15 is 0 Å². The number of rotatable bonds is 4. The lowest BCUT2D eigenvalue weighted by molar-refractivity contribution is 0.00470. The number of piperidine rings is 2. The van der Waals surface area contributed by atoms with Crippen LogP contribution in [-0.2, 0) is 4.74 Å². The van der Waals surface area contributed by atoms with Gasteiger partial charge in [0.1, 0.15) is 11.8 Å². The maximum Gasteiger partial charge on any atom is 0.410 e. The second-order valence-electron chi connectivity index (χ2n) is 10.6. The van der Waals surface area contributed by atoms with Crippen LogP contribution in [-0.4, -0.2) is 76.1 Å². The number of cyclic esters (lactones) is 1. The predicted molar refractivity (Wildman–Crippen MR) is 139 cm³/mol. The number of pyridine rings is 1. The first kappa shape index (κ1) is 25.0. The fourth-order valence-electron chi connectivity index (χ4n) is 6.23. The summed E-state index contributed by atoms with van der Waals surface area (Å²) in [6.07, 6.45) is 3.54. The van der Waals surface area contributed by atoms with Gasteiger partial charge in [-0.2, -0.15) is 0 Å². The highest BCUT2D eigenvalue weighted by molar-refractivity contribution is 6.29. The molecule has 3 aliphatic rings. The van der Waals surface area contributed by atoms with Crippen LogP contribution in [0.5, 0.6) is 0 Å². The van der Waals surface area contributed by atoms with E-state index in [0.29, 0.717) is 23.0 Å². The van der Waals surface area contributed by atoms with Gasteiger partial charge in [-0.1, -0.05) is 41.9 Å². The SMILES string of the molecule is Cc1cc(Cl)nc(C)c1C(=O)N1CCC(C)(N2CCC(N3C(=O)OC[C@H]3c3ccccc3)CC2)CC1. The molecule has 8 heteroatoms. The molecule has 2 aromatic rings. The zero-order valence-electron chi connectivity index (χ0n) is 21.4. The molecule has 3 saturated heterocycles. The van der Waals surface area contributed by atoms with Gasteiger partial charge >= 0.3 is 6.09 Å². The third kappa shape index (κ3) is 4.71. The molecule has 3 aliphatic heterocycles. The minimum Gasteiger partial charge on any atom is -0.447 e. The average molecular weight is 511 g/mol. The summed E-state index contributed by atoms with van der Waals surface area (Å²) in [4.78, 5) is 36.7. The third-order valence-electron chi connectivity index (χ3n) is 8.42. The van der Waals surface area contributed by atoms with Crippen molar-refractivity contribution in [1.29, 1.82) is 0 Å². The molecule has 0 spiro atoms. The summed E-state index contributed by atoms with van der Waals surface area (Å²) >= 11 is 6.06. The molecule has 0 radical (unpaired) electrons. The van der Waals surface area contributed by atoms with Crippen molar-refractivity contribution in [2.45, 2.75) is 64.1 Å². The Hall–Kier alpha value is -2.64. The summed E-state index contributed by atoms with van der Waals surface area (Å²) in [5.74, 6) is 0.0504. The molecule has 0 bridgehead atoms. The first-order valence-electron chi connectivity index (χ1n) is 12.9. The number of hydrogen-bond donors (Lipinski definition) is 0. The van der Waals surface area contributed by atoms with Gasteiger partial charge in [-0.15, -0.1) is 0 Å². The maximum atomic E-state index is 13.3. The second kappa shape index (κ2) is 10.0. The van der Waals surface area contributed by atoms with Crippen LogP contribution >= 0.6 is 11.6 Å². The van der Waals surface area contributed by atoms with Gasteiger partial charge in [0.25, 0.3) is 5.91 Å². The lowest BCUT2D eigenvalue weighted by Crippen LogP contribution is -2.58. The molecule has 0 unspecified atom stereocenters. The van der Waals surface area contributed by atoms with Gasteiger partial charge in [0.2, 0.25) is 0 Å². The number of aryl methyl sites for hydroxylation is 2. The van der Waals surface area contributed by atoms with Gasteiger partial charge in [-0.05, 0) is 63.6 Å². The first-order chi connectivity index (χ1) is 17.3. The van der Waals surface area contributed by atoms with Crippen LogP contribution in [0.3, 0.4) is 0 Å². The Morgan fingerprint density at radius 1 is 1.08 bits per heavy atom. The number of aromatic nitrogens is 1. The van der Waals surface area contributed by atoms with E-state index in [9.17, 15) is 9.59 Å². The van der Waals surface area contributed by atoms with Crippen LogP contribution in [0.4, 0.5) is 4.79 Å². The van der Waals surface area contributed by atoms with Crippen molar-refractivity contribution in [3.05, 3.63) is 63.9 Å². The third-order valence-corrected chi connectivity index (χ3v) is 8.62. The van der Waals surface area contributed by atoms with Crippen LogP contribution in [0.15, 0.2) is 36.4 Å². The molecule has 7 nitrogen and oxygen atoms in total. The summed E-state index contributed by atoms with van der Waals surface area (Å²) in [6.45, 7) is 9.86. The predicted octanol–water partition coefficient (Wildman–Crippen LogP) is 5.00. The zero-order chi connectivity index (χ0) is 25.4. The van der Waals surface area contributed by atoms with Gasteiger partial charge < -0.3 is 9.64 Å². The van der Waals surface area contributed by atoms with Crippen LogP contribution in [0.1, 0.15) is 65.8 Å². The van der Waals surface area contributed by atoms with Crippen molar-refractivity contribution in [3.8, 4) is 0 Å². The van der Waals surface area contributed by atoms with Gasteiger partial charge in [-0.25, -0.2) is 9.78 Å². The van der Waals surface area contributed by atoms with E-state index in [4.69, 9.17) is 16.3 Å². The van der Waals surface area contributed by atoms with Crippen molar-refractivity contribution in [3.63, 3.8) is 0 Å². The molecule has 2 amide bonds. The number of nitrogens with zero attached hydrogens (tertiary/aromatic N) is 4.